The van der Waals surface area contributed by atoms with Crippen molar-refractivity contribution in [1.82, 2.24) is 0 Å². The molecule has 0 saturated carbocycles. The lowest BCUT2D eigenvalue weighted by atomic mass is 10.4. The Morgan fingerprint density at radius 2 is 1.10 bits per heavy atom. The molecule has 0 aromatic heterocycles. The third-order valence-corrected chi connectivity index (χ3v) is 2.29. The molecule has 10 heavy (non-hydrogen) atoms. The summed E-state index contributed by atoms with van der Waals surface area (Å²) < 4.78 is 1.21. The predicted octanol–water partition coefficient (Wildman–Crippen LogP) is 2.54. The molecule has 0 radical (unpaired) electrons. The Morgan fingerprint density at radius 1 is 0.900 bits per heavy atom. The van der Waals surface area contributed by atoms with Crippen LogP contribution in [0.15, 0.2) is 0 Å². The highest BCUT2D eigenvalue weighted by molar-refractivity contribution is 14.1. The average molecular weight is 258 g/mol. The minimum Gasteiger partial charge on any atom is -0.327 e. The van der Waals surface area contributed by atoms with E-state index in [-0.39, 0.29) is 0 Å². The van der Waals surface area contributed by atoms with Gasteiger partial charge < -0.3 is 4.48 Å². The van der Waals surface area contributed by atoms with E-state index in [1.807, 2.05) is 4.93 Å². The number of alkyl halides is 1. The van der Waals surface area contributed by atoms with Crippen LogP contribution in [0.2, 0.25) is 0 Å². The quantitative estimate of drug-likeness (QED) is 0.414. The lowest BCUT2D eigenvalue weighted by molar-refractivity contribution is -0.904. The zero-order valence-corrected chi connectivity index (χ0v) is 10.1. The molecule has 0 aliphatic heterocycles. The van der Waals surface area contributed by atoms with Gasteiger partial charge in [-0.25, -0.2) is 0 Å². The molecule has 0 aromatic carbocycles. The summed E-state index contributed by atoms with van der Waals surface area (Å²) in [6, 6.07) is 0. The molecular weight excluding hydrogens is 237 g/mol. The second-order valence-corrected chi connectivity index (χ2v) is 2.57. The van der Waals surface area contributed by atoms with E-state index in [1.54, 1.807) is 0 Å². The van der Waals surface area contributed by atoms with E-state index in [0.29, 0.717) is 0 Å². The maximum Gasteiger partial charge on any atom is 0.0755 e. The topological polar surface area (TPSA) is 0 Å². The van der Waals surface area contributed by atoms with E-state index in [4.69, 9.17) is 0 Å². The van der Waals surface area contributed by atoms with E-state index < -0.39 is 0 Å². The smallest absolute Gasteiger partial charge is 0.0755 e. The Balaban J connectivity index is 0. The first kappa shape index (κ1) is 13.3. The summed E-state index contributed by atoms with van der Waals surface area (Å²) in [6.07, 6.45) is 0. The van der Waals surface area contributed by atoms with E-state index in [2.05, 4.69) is 50.4 Å². The molecule has 0 aliphatic rings. The highest BCUT2D eigenvalue weighted by Crippen LogP contribution is 1.97. The number of quaternary nitrogens is 1. The van der Waals surface area contributed by atoms with Crippen molar-refractivity contribution in [3.05, 3.63) is 0 Å². The summed E-state index contributed by atoms with van der Waals surface area (Å²) in [7, 11) is 2.29. The van der Waals surface area contributed by atoms with Crippen LogP contribution < -0.4 is 0 Å². The first-order valence-electron chi connectivity index (χ1n) is 3.90. The van der Waals surface area contributed by atoms with Crippen molar-refractivity contribution < 1.29 is 4.48 Å². The van der Waals surface area contributed by atoms with Crippen molar-refractivity contribution in [2.45, 2.75) is 20.8 Å². The molecule has 0 rings (SSSR count). The van der Waals surface area contributed by atoms with Crippen LogP contribution in [-0.4, -0.2) is 36.1 Å². The molecular formula is C8H21IN+. The van der Waals surface area contributed by atoms with Gasteiger partial charge in [-0.1, -0.05) is 22.6 Å². The fourth-order valence-corrected chi connectivity index (χ4v) is 0.671. The van der Waals surface area contributed by atoms with Crippen LogP contribution in [0.5, 0.6) is 0 Å². The Kier molecular flexibility index (Phi) is 10.4. The van der Waals surface area contributed by atoms with Crippen LogP contribution in [0.25, 0.3) is 0 Å². The zero-order valence-electron chi connectivity index (χ0n) is 7.95. The molecule has 0 unspecified atom stereocenters. The molecule has 0 aliphatic carbocycles. The van der Waals surface area contributed by atoms with Gasteiger partial charge in [-0.15, -0.1) is 0 Å². The molecule has 0 aromatic rings. The maximum absolute atomic E-state index is 2.29. The minimum atomic E-state index is 1.21. The third kappa shape index (κ3) is 5.47. The average Bonchev–Trinajstić information content (AvgIpc) is 2.07. The maximum atomic E-state index is 2.29. The second kappa shape index (κ2) is 7.79. The molecule has 2 heteroatoms. The van der Waals surface area contributed by atoms with Gasteiger partial charge in [-0.3, -0.25) is 0 Å². The summed E-state index contributed by atoms with van der Waals surface area (Å²) in [5.74, 6) is 0. The Hall–Kier alpha value is 0.690. The SMILES string of the molecule is CC[N+](C)(CC)CC.CI. The third-order valence-electron chi connectivity index (χ3n) is 2.29. The molecule has 64 valence electrons. The van der Waals surface area contributed by atoms with Crippen molar-refractivity contribution in [3.8, 4) is 0 Å². The molecule has 0 N–H and O–H groups in total. The summed E-state index contributed by atoms with van der Waals surface area (Å²) in [5.41, 5.74) is 0. The summed E-state index contributed by atoms with van der Waals surface area (Å²) in [6.45, 7) is 10.5. The molecule has 1 nitrogen and oxygen atoms in total. The standard InChI is InChI=1S/C7H18N.CH3I/c1-5-8(4,6-2)7-3;1-2/h5-7H2,1-4H3;1H3/q+1;. The number of rotatable bonds is 3. The monoisotopic (exact) mass is 258 g/mol. The summed E-state index contributed by atoms with van der Waals surface area (Å²) >= 11 is 2.15. The molecule has 0 amide bonds. The van der Waals surface area contributed by atoms with Gasteiger partial charge in [0.2, 0.25) is 0 Å². The van der Waals surface area contributed by atoms with Crippen molar-refractivity contribution in [3.63, 3.8) is 0 Å². The highest BCUT2D eigenvalue weighted by atomic mass is 127. The number of hydrogen-bond acceptors (Lipinski definition) is 0. The van der Waals surface area contributed by atoms with Gasteiger partial charge in [0.25, 0.3) is 0 Å². The van der Waals surface area contributed by atoms with Crippen molar-refractivity contribution in [1.29, 1.82) is 0 Å². The number of nitrogens with zero attached hydrogens (tertiary/aromatic N) is 1. The largest absolute Gasteiger partial charge is 0.327 e. The lowest BCUT2D eigenvalue weighted by Gasteiger charge is -2.30. The van der Waals surface area contributed by atoms with Crippen molar-refractivity contribution in [2.75, 3.05) is 31.6 Å². The van der Waals surface area contributed by atoms with Gasteiger partial charge in [-0.2, -0.15) is 0 Å². The van der Waals surface area contributed by atoms with E-state index in [9.17, 15) is 0 Å². The van der Waals surface area contributed by atoms with Gasteiger partial charge >= 0.3 is 0 Å². The van der Waals surface area contributed by atoms with Gasteiger partial charge in [-0.05, 0) is 25.7 Å². The zero-order chi connectivity index (χ0) is 8.62. The van der Waals surface area contributed by atoms with Gasteiger partial charge in [0.1, 0.15) is 0 Å². The second-order valence-electron chi connectivity index (χ2n) is 2.57. The Morgan fingerprint density at radius 3 is 1.10 bits per heavy atom. The van der Waals surface area contributed by atoms with E-state index in [0.717, 1.165) is 0 Å². The van der Waals surface area contributed by atoms with Gasteiger partial charge in [0.05, 0.1) is 26.7 Å². The molecule has 0 atom stereocenters. The molecule has 0 spiro atoms. The van der Waals surface area contributed by atoms with Crippen molar-refractivity contribution in [2.24, 2.45) is 0 Å². The minimum absolute atomic E-state index is 1.21. The first-order valence-corrected chi connectivity index (χ1v) is 6.05. The normalized spacial score (nSPS) is 10.2. The Bertz CT molecular complexity index is 52.0. The lowest BCUT2D eigenvalue weighted by Crippen LogP contribution is -2.42. The molecule has 0 fully saturated rings. The van der Waals surface area contributed by atoms with Crippen LogP contribution in [-0.2, 0) is 0 Å². The molecule has 0 bridgehead atoms. The van der Waals surface area contributed by atoms with Crippen LogP contribution in [0.4, 0.5) is 0 Å². The summed E-state index contributed by atoms with van der Waals surface area (Å²) in [4.78, 5) is 1.97. The molecule has 0 saturated heterocycles. The van der Waals surface area contributed by atoms with E-state index >= 15 is 0 Å². The number of halogens is 1. The predicted molar refractivity (Wildman–Crippen MR) is 57.8 cm³/mol. The molecule has 0 heterocycles. The van der Waals surface area contributed by atoms with Crippen LogP contribution in [0, 0.1) is 0 Å². The van der Waals surface area contributed by atoms with Crippen molar-refractivity contribution >= 4 is 22.6 Å². The van der Waals surface area contributed by atoms with Gasteiger partial charge in [0, 0.05) is 0 Å². The fraction of sp³-hybridized carbons (Fsp3) is 1.00. The van der Waals surface area contributed by atoms with Crippen LogP contribution in [0.1, 0.15) is 20.8 Å². The highest BCUT2D eigenvalue weighted by Gasteiger charge is 2.10. The first-order chi connectivity index (χ1) is 4.68. The van der Waals surface area contributed by atoms with E-state index in [1.165, 1.54) is 24.1 Å². The Labute approximate surface area is 79.5 Å². The number of hydrogen-bond donors (Lipinski definition) is 0. The van der Waals surface area contributed by atoms with Gasteiger partial charge in [0.15, 0.2) is 0 Å². The summed E-state index contributed by atoms with van der Waals surface area (Å²) in [5, 5.41) is 0. The fourth-order valence-electron chi connectivity index (χ4n) is 0.671. The van der Waals surface area contributed by atoms with Crippen LogP contribution in [0.3, 0.4) is 0 Å². The van der Waals surface area contributed by atoms with Crippen LogP contribution >= 0.6 is 22.6 Å².